The van der Waals surface area contributed by atoms with Crippen LogP contribution in [0.25, 0.3) is 10.9 Å². The van der Waals surface area contributed by atoms with Gasteiger partial charge in [-0.05, 0) is 37.1 Å². The van der Waals surface area contributed by atoms with E-state index in [1.165, 1.54) is 0 Å². The van der Waals surface area contributed by atoms with Crippen LogP contribution in [0.15, 0.2) is 36.5 Å². The average Bonchev–Trinajstić information content (AvgIpc) is 2.52. The summed E-state index contributed by atoms with van der Waals surface area (Å²) in [7, 11) is 0. The molecule has 0 atom stereocenters. The lowest BCUT2D eigenvalue weighted by Crippen LogP contribution is -2.52. The normalized spacial score (nSPS) is 11.6. The van der Waals surface area contributed by atoms with Gasteiger partial charge in [-0.3, -0.25) is 9.78 Å². The summed E-state index contributed by atoms with van der Waals surface area (Å²) < 4.78 is 0. The minimum Gasteiger partial charge on any atom is -0.345 e. The zero-order valence-corrected chi connectivity index (χ0v) is 12.0. The molecule has 0 saturated carbocycles. The zero-order valence-electron chi connectivity index (χ0n) is 12.0. The summed E-state index contributed by atoms with van der Waals surface area (Å²) in [5.41, 5.74) is 7.04. The van der Waals surface area contributed by atoms with E-state index in [9.17, 15) is 4.79 Å². The van der Waals surface area contributed by atoms with Crippen LogP contribution in [0, 0.1) is 0 Å². The number of carbonyl (C=O) groups is 1. The Balaban J connectivity index is 2.27. The highest BCUT2D eigenvalue weighted by molar-refractivity contribution is 5.98. The van der Waals surface area contributed by atoms with Crippen LogP contribution in [-0.4, -0.2) is 23.0 Å². The number of fused-ring (bicyclic) bond motifs is 1. The molecule has 0 saturated heterocycles. The van der Waals surface area contributed by atoms with Gasteiger partial charge in [0.25, 0.3) is 5.91 Å². The number of nitrogens with zero attached hydrogens (tertiary/aromatic N) is 1. The minimum absolute atomic E-state index is 0.0788. The maximum Gasteiger partial charge on any atom is 0.251 e. The lowest BCUT2D eigenvalue weighted by Gasteiger charge is -2.31. The van der Waals surface area contributed by atoms with Gasteiger partial charge in [0.2, 0.25) is 0 Å². The Morgan fingerprint density at radius 2 is 2.05 bits per heavy atom. The van der Waals surface area contributed by atoms with Crippen molar-refractivity contribution < 1.29 is 4.79 Å². The Hall–Kier alpha value is -1.94. The van der Waals surface area contributed by atoms with Gasteiger partial charge in [0.15, 0.2) is 0 Å². The first-order valence-electron chi connectivity index (χ1n) is 7.01. The van der Waals surface area contributed by atoms with E-state index in [4.69, 9.17) is 5.73 Å². The first kappa shape index (κ1) is 14.5. The molecule has 0 aliphatic carbocycles. The Morgan fingerprint density at radius 3 is 2.70 bits per heavy atom. The molecule has 0 aliphatic heterocycles. The van der Waals surface area contributed by atoms with Crippen LogP contribution in [0.1, 0.15) is 37.0 Å². The highest BCUT2D eigenvalue weighted by Crippen LogP contribution is 2.17. The second-order valence-electron chi connectivity index (χ2n) is 5.06. The molecule has 2 aromatic rings. The van der Waals surface area contributed by atoms with Crippen molar-refractivity contribution in [3.05, 3.63) is 42.1 Å². The van der Waals surface area contributed by atoms with Crippen molar-refractivity contribution in [1.82, 2.24) is 10.3 Å². The van der Waals surface area contributed by atoms with Gasteiger partial charge in [0.1, 0.15) is 0 Å². The second kappa shape index (κ2) is 6.01. The van der Waals surface area contributed by atoms with E-state index < -0.39 is 0 Å². The molecule has 2 rings (SSSR count). The molecule has 4 nitrogen and oxygen atoms in total. The van der Waals surface area contributed by atoms with E-state index in [1.807, 2.05) is 38.1 Å². The average molecular weight is 271 g/mol. The Labute approximate surface area is 119 Å². The lowest BCUT2D eigenvalue weighted by atomic mass is 9.92. The standard InChI is InChI=1S/C16H21N3O/c1-3-16(4-2,11-17)19-15(20)13-7-8-14-12(10-13)6-5-9-18-14/h5-10H,3-4,11,17H2,1-2H3,(H,19,20). The molecule has 0 spiro atoms. The molecule has 0 unspecified atom stereocenters. The van der Waals surface area contributed by atoms with Crippen LogP contribution >= 0.6 is 0 Å². The molecule has 4 heteroatoms. The molecule has 0 radical (unpaired) electrons. The van der Waals surface area contributed by atoms with Crippen molar-refractivity contribution >= 4 is 16.8 Å². The van der Waals surface area contributed by atoms with E-state index in [0.717, 1.165) is 23.7 Å². The summed E-state index contributed by atoms with van der Waals surface area (Å²) in [6, 6.07) is 9.36. The van der Waals surface area contributed by atoms with Crippen LogP contribution in [-0.2, 0) is 0 Å². The van der Waals surface area contributed by atoms with Crippen molar-refractivity contribution in [2.75, 3.05) is 6.54 Å². The number of pyridine rings is 1. The summed E-state index contributed by atoms with van der Waals surface area (Å²) >= 11 is 0. The fraction of sp³-hybridized carbons (Fsp3) is 0.375. The molecule has 0 fully saturated rings. The van der Waals surface area contributed by atoms with Gasteiger partial charge in [-0.2, -0.15) is 0 Å². The number of nitrogens with two attached hydrogens (primary N) is 1. The van der Waals surface area contributed by atoms with Crippen molar-refractivity contribution in [3.63, 3.8) is 0 Å². The summed E-state index contributed by atoms with van der Waals surface area (Å²) in [5.74, 6) is -0.0788. The third-order valence-corrected chi connectivity index (χ3v) is 3.99. The summed E-state index contributed by atoms with van der Waals surface area (Å²) in [4.78, 5) is 16.6. The van der Waals surface area contributed by atoms with Gasteiger partial charge in [0, 0.05) is 23.7 Å². The molecular formula is C16H21N3O. The van der Waals surface area contributed by atoms with Gasteiger partial charge in [-0.15, -0.1) is 0 Å². The predicted octanol–water partition coefficient (Wildman–Crippen LogP) is 2.48. The van der Waals surface area contributed by atoms with E-state index in [1.54, 1.807) is 12.3 Å². The molecule has 1 amide bonds. The number of nitrogens with one attached hydrogen (secondary N) is 1. The maximum absolute atomic E-state index is 12.4. The number of hydrogen-bond donors (Lipinski definition) is 2. The lowest BCUT2D eigenvalue weighted by molar-refractivity contribution is 0.0895. The summed E-state index contributed by atoms with van der Waals surface area (Å²) in [5, 5.41) is 4.04. The van der Waals surface area contributed by atoms with Crippen LogP contribution in [0.3, 0.4) is 0 Å². The smallest absolute Gasteiger partial charge is 0.251 e. The number of benzene rings is 1. The van der Waals surface area contributed by atoms with E-state index >= 15 is 0 Å². The fourth-order valence-electron chi connectivity index (χ4n) is 2.30. The van der Waals surface area contributed by atoms with E-state index in [-0.39, 0.29) is 11.4 Å². The van der Waals surface area contributed by atoms with Crippen LogP contribution in [0.5, 0.6) is 0 Å². The van der Waals surface area contributed by atoms with Gasteiger partial charge in [-0.25, -0.2) is 0 Å². The van der Waals surface area contributed by atoms with E-state index in [2.05, 4.69) is 10.3 Å². The summed E-state index contributed by atoms with van der Waals surface area (Å²) in [6.45, 7) is 4.53. The van der Waals surface area contributed by atoms with Gasteiger partial charge in [-0.1, -0.05) is 19.9 Å². The molecule has 0 bridgehead atoms. The molecule has 1 aromatic heterocycles. The molecule has 20 heavy (non-hydrogen) atoms. The topological polar surface area (TPSA) is 68.0 Å². The van der Waals surface area contributed by atoms with Gasteiger partial charge < -0.3 is 11.1 Å². The number of amides is 1. The monoisotopic (exact) mass is 271 g/mol. The van der Waals surface area contributed by atoms with Gasteiger partial charge >= 0.3 is 0 Å². The Kier molecular flexibility index (Phi) is 4.35. The van der Waals surface area contributed by atoms with Crippen LogP contribution < -0.4 is 11.1 Å². The van der Waals surface area contributed by atoms with Crippen molar-refractivity contribution in [3.8, 4) is 0 Å². The van der Waals surface area contributed by atoms with Gasteiger partial charge in [0.05, 0.1) is 11.1 Å². The molecule has 1 aromatic carbocycles. The minimum atomic E-state index is -0.318. The van der Waals surface area contributed by atoms with Crippen LogP contribution in [0.2, 0.25) is 0 Å². The summed E-state index contributed by atoms with van der Waals surface area (Å²) in [6.07, 6.45) is 3.39. The van der Waals surface area contributed by atoms with Crippen molar-refractivity contribution in [1.29, 1.82) is 0 Å². The largest absolute Gasteiger partial charge is 0.345 e. The van der Waals surface area contributed by atoms with Crippen molar-refractivity contribution in [2.45, 2.75) is 32.2 Å². The molecular weight excluding hydrogens is 250 g/mol. The third kappa shape index (κ3) is 2.80. The molecule has 106 valence electrons. The predicted molar refractivity (Wildman–Crippen MR) is 81.6 cm³/mol. The third-order valence-electron chi connectivity index (χ3n) is 3.99. The number of rotatable bonds is 5. The van der Waals surface area contributed by atoms with E-state index in [0.29, 0.717) is 12.1 Å². The Bertz CT molecular complexity index is 597. The zero-order chi connectivity index (χ0) is 14.6. The van der Waals surface area contributed by atoms with Crippen molar-refractivity contribution in [2.24, 2.45) is 5.73 Å². The number of hydrogen-bond acceptors (Lipinski definition) is 3. The second-order valence-corrected chi connectivity index (χ2v) is 5.06. The molecule has 0 aliphatic rings. The fourth-order valence-corrected chi connectivity index (χ4v) is 2.30. The highest BCUT2D eigenvalue weighted by Gasteiger charge is 2.26. The first-order valence-corrected chi connectivity index (χ1v) is 7.01. The SMILES string of the molecule is CCC(CC)(CN)NC(=O)c1ccc2ncccc2c1. The number of carbonyl (C=O) groups excluding carboxylic acids is 1. The first-order chi connectivity index (χ1) is 9.64. The molecule has 1 heterocycles. The quantitative estimate of drug-likeness (QED) is 0.878. The maximum atomic E-state index is 12.4. The Morgan fingerprint density at radius 1 is 1.30 bits per heavy atom. The molecule has 3 N–H and O–H groups in total. The van der Waals surface area contributed by atoms with Crippen LogP contribution in [0.4, 0.5) is 0 Å². The highest BCUT2D eigenvalue weighted by atomic mass is 16.1. The number of aromatic nitrogens is 1.